The maximum absolute atomic E-state index is 13.9. The number of aliphatic hydroxyl groups is 1. The van der Waals surface area contributed by atoms with Crippen LogP contribution < -0.4 is 10.1 Å². The van der Waals surface area contributed by atoms with Gasteiger partial charge >= 0.3 is 0 Å². The number of fused-ring (bicyclic) bond motifs is 4. The molecule has 8 rings (SSSR count). The molecule has 0 spiro atoms. The highest BCUT2D eigenvalue weighted by Gasteiger charge is 2.33. The molecule has 0 saturated carbocycles. The number of hydrogen-bond donors (Lipinski definition) is 2. The third-order valence-electron chi connectivity index (χ3n) is 10.2. The third-order valence-corrected chi connectivity index (χ3v) is 13.2. The van der Waals surface area contributed by atoms with E-state index in [-0.39, 0.29) is 42.9 Å². The predicted octanol–water partition coefficient (Wildman–Crippen LogP) is 7.90. The minimum atomic E-state index is -3.95. The molecule has 0 saturated heterocycles. The molecule has 1 aliphatic heterocycles. The number of amides is 1. The Morgan fingerprint density at radius 2 is 1.75 bits per heavy atom. The van der Waals surface area contributed by atoms with Gasteiger partial charge in [0.15, 0.2) is 5.76 Å². The van der Waals surface area contributed by atoms with Crippen molar-refractivity contribution in [1.29, 1.82) is 0 Å². The van der Waals surface area contributed by atoms with Gasteiger partial charge in [0.2, 0.25) is 16.3 Å². The van der Waals surface area contributed by atoms with E-state index >= 15 is 0 Å². The summed E-state index contributed by atoms with van der Waals surface area (Å²) >= 11 is 1.63. The number of carbonyl (C=O) groups excluding carboxylic acids is 1. The molecule has 1 aliphatic carbocycles. The van der Waals surface area contributed by atoms with Gasteiger partial charge in [0.1, 0.15) is 10.8 Å². The Labute approximate surface area is 330 Å². The first kappa shape index (κ1) is 37.5. The Morgan fingerprint density at radius 3 is 2.54 bits per heavy atom. The van der Waals surface area contributed by atoms with Gasteiger partial charge in [0.05, 0.1) is 35.4 Å². The number of rotatable bonds is 13. The van der Waals surface area contributed by atoms with E-state index in [1.165, 1.54) is 51.4 Å². The number of anilines is 1. The fraction of sp³-hybridized carbons (Fsp3) is 0.227. The van der Waals surface area contributed by atoms with Crippen molar-refractivity contribution in [3.63, 3.8) is 0 Å². The lowest BCUT2D eigenvalue weighted by Gasteiger charge is -2.31. The van der Waals surface area contributed by atoms with Crippen molar-refractivity contribution in [1.82, 2.24) is 9.29 Å². The van der Waals surface area contributed by atoms with Crippen LogP contribution in [-0.4, -0.2) is 68.4 Å². The lowest BCUT2D eigenvalue weighted by molar-refractivity contribution is -0.143. The summed E-state index contributed by atoms with van der Waals surface area (Å²) in [7, 11) is -2.44. The second-order valence-corrected chi connectivity index (χ2v) is 16.8. The molecule has 6 aromatic rings. The van der Waals surface area contributed by atoms with Crippen LogP contribution >= 0.6 is 11.3 Å². The average Bonchev–Trinajstić information content (AvgIpc) is 3.82. The number of methoxy groups -OCH3 is 1. The number of thiazole rings is 1. The van der Waals surface area contributed by atoms with Crippen LogP contribution in [-0.2, 0) is 30.7 Å². The fourth-order valence-electron chi connectivity index (χ4n) is 7.36. The van der Waals surface area contributed by atoms with Crippen molar-refractivity contribution >= 4 is 43.2 Å². The number of aliphatic hydroxyl groups excluding tert-OH is 1. The SMILES string of the molecule is COc1ccc(S(=O)(=O)N(CCO)CCO[C@H]2C[C@@H](c3cccc4c3Cc3ccccc3-4)C=C(C(=O)Nc3ccc(-c4nc5ccc(C)cc5s4)cc3)O2)cc1. The van der Waals surface area contributed by atoms with Gasteiger partial charge in [-0.15, -0.1) is 11.3 Å². The Morgan fingerprint density at radius 1 is 0.964 bits per heavy atom. The Bertz CT molecular complexity index is 2530. The monoisotopic (exact) mass is 787 g/mol. The van der Waals surface area contributed by atoms with E-state index in [0.717, 1.165) is 32.8 Å². The number of aryl methyl sites for hydroxylation is 1. The molecule has 2 atom stereocenters. The van der Waals surface area contributed by atoms with E-state index in [0.29, 0.717) is 17.9 Å². The van der Waals surface area contributed by atoms with Crippen LogP contribution in [0.2, 0.25) is 0 Å². The second kappa shape index (κ2) is 16.0. The highest BCUT2D eigenvalue weighted by Crippen LogP contribution is 2.43. The number of aromatic nitrogens is 1. The number of allylic oxidation sites excluding steroid dienone is 1. The topological polar surface area (TPSA) is 127 Å². The minimum Gasteiger partial charge on any atom is -0.497 e. The van der Waals surface area contributed by atoms with Crippen LogP contribution in [0.3, 0.4) is 0 Å². The van der Waals surface area contributed by atoms with Crippen LogP contribution in [0.15, 0.2) is 126 Å². The van der Waals surface area contributed by atoms with E-state index in [4.69, 9.17) is 19.2 Å². The first-order valence-corrected chi connectivity index (χ1v) is 20.7. The Kier molecular flexibility index (Phi) is 10.7. The number of benzene rings is 5. The molecule has 2 heterocycles. The molecule has 1 aromatic heterocycles. The van der Waals surface area contributed by atoms with Gasteiger partial charge in [-0.05, 0) is 113 Å². The average molecular weight is 788 g/mol. The molecule has 0 fully saturated rings. The van der Waals surface area contributed by atoms with Gasteiger partial charge in [0.25, 0.3) is 5.91 Å². The summed E-state index contributed by atoms with van der Waals surface area (Å²) in [6, 6.07) is 34.5. The number of sulfonamides is 1. The molecular weight excluding hydrogens is 747 g/mol. The van der Waals surface area contributed by atoms with Gasteiger partial charge in [-0.2, -0.15) is 4.31 Å². The van der Waals surface area contributed by atoms with Crippen molar-refractivity contribution in [2.24, 2.45) is 0 Å². The Balaban J connectivity index is 1.02. The third kappa shape index (κ3) is 7.71. The van der Waals surface area contributed by atoms with Crippen LogP contribution in [0.5, 0.6) is 5.75 Å². The summed E-state index contributed by atoms with van der Waals surface area (Å²) in [6.45, 7) is 1.50. The quantitative estimate of drug-likeness (QED) is 0.121. The number of hydrogen-bond acceptors (Lipinski definition) is 9. The fourth-order valence-corrected chi connectivity index (χ4v) is 9.84. The van der Waals surface area contributed by atoms with E-state index in [1.54, 1.807) is 23.5 Å². The summed E-state index contributed by atoms with van der Waals surface area (Å²) in [5.41, 5.74) is 9.60. The second-order valence-electron chi connectivity index (χ2n) is 13.8. The van der Waals surface area contributed by atoms with E-state index in [2.05, 4.69) is 48.6 Å². The zero-order chi connectivity index (χ0) is 38.8. The molecule has 5 aromatic carbocycles. The highest BCUT2D eigenvalue weighted by molar-refractivity contribution is 7.89. The normalized spacial score (nSPS) is 16.2. The zero-order valence-corrected chi connectivity index (χ0v) is 32.6. The lowest BCUT2D eigenvalue weighted by atomic mass is 9.87. The minimum absolute atomic E-state index is 0.0349. The van der Waals surface area contributed by atoms with Crippen LogP contribution in [0.25, 0.3) is 31.9 Å². The molecule has 10 nitrogen and oxygen atoms in total. The van der Waals surface area contributed by atoms with Crippen molar-refractivity contribution < 1.29 is 32.5 Å². The number of ether oxygens (including phenoxy) is 3. The summed E-state index contributed by atoms with van der Waals surface area (Å²) in [5, 5.41) is 13.7. The van der Waals surface area contributed by atoms with Gasteiger partial charge in [-0.1, -0.05) is 48.5 Å². The number of carbonyl (C=O) groups is 1. The Hall–Kier alpha value is -5.37. The van der Waals surface area contributed by atoms with Crippen LogP contribution in [0, 0.1) is 6.92 Å². The van der Waals surface area contributed by atoms with Crippen LogP contribution in [0.4, 0.5) is 5.69 Å². The van der Waals surface area contributed by atoms with E-state index in [9.17, 15) is 18.3 Å². The molecule has 12 heteroatoms. The molecule has 0 bridgehead atoms. The lowest BCUT2D eigenvalue weighted by Crippen LogP contribution is -2.38. The first-order chi connectivity index (χ1) is 27.2. The molecule has 56 heavy (non-hydrogen) atoms. The standard InChI is InChI=1S/C44H41N3O7S2/c1-28-10-19-39-41(24-28)55-44(46-39)29-11-13-32(14-12-29)45-43(49)40-26-31(36-8-5-9-37-35-7-4-3-6-30(35)25-38(36)37)27-42(54-40)53-23-21-47(20-22-48)56(50,51)34-17-15-33(52-2)16-18-34/h3-19,24,26,31,42,48H,20-23,25,27H2,1-2H3,(H,45,49)/t31-,42+/m0/s1. The summed E-state index contributed by atoms with van der Waals surface area (Å²) < 4.78 is 47.0. The summed E-state index contributed by atoms with van der Waals surface area (Å²) in [5.74, 6) is -0.00262. The van der Waals surface area contributed by atoms with Crippen molar-refractivity contribution in [2.75, 3.05) is 38.7 Å². The van der Waals surface area contributed by atoms with Gasteiger partial charge in [-0.3, -0.25) is 4.79 Å². The van der Waals surface area contributed by atoms with Gasteiger partial charge in [0, 0.05) is 36.7 Å². The summed E-state index contributed by atoms with van der Waals surface area (Å²) in [4.78, 5) is 18.8. The largest absolute Gasteiger partial charge is 0.497 e. The van der Waals surface area contributed by atoms with E-state index in [1.807, 2.05) is 54.6 Å². The molecule has 0 radical (unpaired) electrons. The predicted molar refractivity (Wildman–Crippen MR) is 218 cm³/mol. The smallest absolute Gasteiger partial charge is 0.290 e. The highest BCUT2D eigenvalue weighted by atomic mass is 32.2. The maximum atomic E-state index is 13.9. The first-order valence-electron chi connectivity index (χ1n) is 18.4. The van der Waals surface area contributed by atoms with Gasteiger partial charge < -0.3 is 24.6 Å². The molecule has 286 valence electrons. The summed E-state index contributed by atoms with van der Waals surface area (Å²) in [6.07, 6.45) is 2.19. The number of nitrogens with zero attached hydrogens (tertiary/aromatic N) is 2. The van der Waals surface area contributed by atoms with Crippen LogP contribution in [0.1, 0.15) is 34.6 Å². The van der Waals surface area contributed by atoms with Crippen molar-refractivity contribution in [3.8, 4) is 27.4 Å². The zero-order valence-electron chi connectivity index (χ0n) is 31.0. The molecule has 2 aliphatic rings. The van der Waals surface area contributed by atoms with E-state index < -0.39 is 22.2 Å². The number of nitrogens with one attached hydrogen (secondary N) is 1. The molecule has 2 N–H and O–H groups in total. The molecule has 0 unspecified atom stereocenters. The van der Waals surface area contributed by atoms with Crippen molar-refractivity contribution in [3.05, 3.63) is 143 Å². The van der Waals surface area contributed by atoms with Crippen molar-refractivity contribution in [2.45, 2.75) is 36.9 Å². The molecular formula is C44H41N3O7S2. The molecule has 1 amide bonds. The maximum Gasteiger partial charge on any atom is 0.290 e. The van der Waals surface area contributed by atoms with Gasteiger partial charge in [-0.25, -0.2) is 13.4 Å².